The van der Waals surface area contributed by atoms with Crippen LogP contribution in [0.3, 0.4) is 0 Å². The molecule has 0 amide bonds. The van der Waals surface area contributed by atoms with Crippen LogP contribution in [-0.2, 0) is 6.54 Å². The van der Waals surface area contributed by atoms with Gasteiger partial charge in [0.15, 0.2) is 5.84 Å². The lowest BCUT2D eigenvalue weighted by Crippen LogP contribution is -2.28. The van der Waals surface area contributed by atoms with Crippen molar-refractivity contribution in [3.8, 4) is 0 Å². The molecular weight excluding hydrogens is 238 g/mol. The van der Waals surface area contributed by atoms with Crippen molar-refractivity contribution in [1.29, 1.82) is 0 Å². The molecule has 1 unspecified atom stereocenters. The van der Waals surface area contributed by atoms with Crippen LogP contribution in [0.2, 0.25) is 0 Å². The lowest BCUT2D eigenvalue weighted by Gasteiger charge is -2.24. The average Bonchev–Trinajstić information content (AvgIpc) is 2.87. The van der Waals surface area contributed by atoms with Gasteiger partial charge in [-0.05, 0) is 49.9 Å². The largest absolute Gasteiger partial charge is 0.409 e. The first kappa shape index (κ1) is 13.9. The number of oxime groups is 1. The number of nitrogens with zero attached hydrogens (tertiary/aromatic N) is 2. The zero-order valence-electron chi connectivity index (χ0n) is 11.8. The van der Waals surface area contributed by atoms with Crippen LogP contribution in [0, 0.1) is 6.92 Å². The van der Waals surface area contributed by atoms with E-state index in [2.05, 4.69) is 30.0 Å². The highest BCUT2D eigenvalue weighted by atomic mass is 16.4. The van der Waals surface area contributed by atoms with E-state index in [-0.39, 0.29) is 5.84 Å². The highest BCUT2D eigenvalue weighted by Gasteiger charge is 2.23. The van der Waals surface area contributed by atoms with Crippen LogP contribution in [-0.4, -0.2) is 28.5 Å². The molecule has 1 aliphatic heterocycles. The number of rotatable bonds is 4. The minimum Gasteiger partial charge on any atom is -0.409 e. The van der Waals surface area contributed by atoms with Crippen molar-refractivity contribution >= 4 is 5.84 Å². The molecule has 0 saturated carbocycles. The van der Waals surface area contributed by atoms with Gasteiger partial charge in [0.05, 0.1) is 0 Å². The molecule has 1 aliphatic rings. The van der Waals surface area contributed by atoms with Crippen LogP contribution in [0.4, 0.5) is 0 Å². The Hall–Kier alpha value is -1.55. The summed E-state index contributed by atoms with van der Waals surface area (Å²) in [5, 5.41) is 11.7. The third-order valence-electron chi connectivity index (χ3n) is 4.09. The standard InChI is InChI=1S/C15H23N3O/c1-3-14-5-4-8-18(14)10-13-7-6-12(9-11(13)2)15(16)17-19/h6-7,9,14,19H,3-5,8,10H2,1-2H3,(H2,16,17). The Labute approximate surface area is 114 Å². The Kier molecular flexibility index (Phi) is 4.43. The van der Waals surface area contributed by atoms with Gasteiger partial charge in [0.1, 0.15) is 0 Å². The Bertz CT molecular complexity index is 470. The molecular formula is C15H23N3O. The van der Waals surface area contributed by atoms with Crippen molar-refractivity contribution in [2.75, 3.05) is 6.54 Å². The molecule has 0 spiro atoms. The van der Waals surface area contributed by atoms with Gasteiger partial charge in [-0.15, -0.1) is 0 Å². The maximum absolute atomic E-state index is 8.70. The van der Waals surface area contributed by atoms with E-state index in [1.54, 1.807) is 0 Å². The Morgan fingerprint density at radius 2 is 2.32 bits per heavy atom. The number of benzene rings is 1. The van der Waals surface area contributed by atoms with Gasteiger partial charge in [-0.1, -0.05) is 24.2 Å². The summed E-state index contributed by atoms with van der Waals surface area (Å²) in [5.74, 6) is 0.169. The van der Waals surface area contributed by atoms with Crippen LogP contribution in [0.1, 0.15) is 42.9 Å². The first-order valence-electron chi connectivity index (χ1n) is 6.97. The SMILES string of the molecule is CCC1CCCN1Cc1ccc(/C(N)=N/O)cc1C. The van der Waals surface area contributed by atoms with E-state index in [0.29, 0.717) is 0 Å². The highest BCUT2D eigenvalue weighted by Crippen LogP contribution is 2.23. The van der Waals surface area contributed by atoms with Gasteiger partial charge in [0.2, 0.25) is 0 Å². The van der Waals surface area contributed by atoms with Gasteiger partial charge in [0.25, 0.3) is 0 Å². The normalized spacial score (nSPS) is 20.9. The molecule has 1 aromatic carbocycles. The van der Waals surface area contributed by atoms with E-state index < -0.39 is 0 Å². The van der Waals surface area contributed by atoms with Crippen LogP contribution in [0.25, 0.3) is 0 Å². The summed E-state index contributed by atoms with van der Waals surface area (Å²) in [6.45, 7) is 6.54. The van der Waals surface area contributed by atoms with E-state index >= 15 is 0 Å². The van der Waals surface area contributed by atoms with E-state index in [9.17, 15) is 0 Å². The molecule has 0 aromatic heterocycles. The van der Waals surface area contributed by atoms with E-state index in [1.807, 2.05) is 12.1 Å². The average molecular weight is 261 g/mol. The zero-order chi connectivity index (χ0) is 13.8. The molecule has 1 saturated heterocycles. The van der Waals surface area contributed by atoms with Gasteiger partial charge < -0.3 is 10.9 Å². The minimum atomic E-state index is 0.169. The summed E-state index contributed by atoms with van der Waals surface area (Å²) in [6.07, 6.45) is 3.85. The number of nitrogens with two attached hydrogens (primary N) is 1. The van der Waals surface area contributed by atoms with Crippen molar-refractivity contribution in [3.63, 3.8) is 0 Å². The van der Waals surface area contributed by atoms with Crippen LogP contribution in [0.15, 0.2) is 23.4 Å². The monoisotopic (exact) mass is 261 g/mol. The third-order valence-corrected chi connectivity index (χ3v) is 4.09. The summed E-state index contributed by atoms with van der Waals surface area (Å²) >= 11 is 0. The Balaban J connectivity index is 2.13. The van der Waals surface area contributed by atoms with E-state index in [1.165, 1.54) is 36.9 Å². The molecule has 3 N–H and O–H groups in total. The predicted molar refractivity (Wildman–Crippen MR) is 77.4 cm³/mol. The Morgan fingerprint density at radius 3 is 2.95 bits per heavy atom. The van der Waals surface area contributed by atoms with Crippen molar-refractivity contribution in [3.05, 3.63) is 34.9 Å². The Morgan fingerprint density at radius 1 is 1.53 bits per heavy atom. The number of amidine groups is 1. The summed E-state index contributed by atoms with van der Waals surface area (Å²) < 4.78 is 0. The number of hydrogen-bond acceptors (Lipinski definition) is 3. The van der Waals surface area contributed by atoms with Crippen LogP contribution in [0.5, 0.6) is 0 Å². The fourth-order valence-electron chi connectivity index (χ4n) is 2.87. The molecule has 1 atom stereocenters. The van der Waals surface area contributed by atoms with Crippen molar-refractivity contribution in [2.45, 2.75) is 45.7 Å². The van der Waals surface area contributed by atoms with Gasteiger partial charge in [-0.25, -0.2) is 0 Å². The predicted octanol–water partition coefficient (Wildman–Crippen LogP) is 2.46. The van der Waals surface area contributed by atoms with Crippen LogP contribution < -0.4 is 5.73 Å². The second kappa shape index (κ2) is 6.06. The molecule has 1 fully saturated rings. The first-order valence-corrected chi connectivity index (χ1v) is 6.97. The molecule has 0 bridgehead atoms. The molecule has 104 valence electrons. The first-order chi connectivity index (χ1) is 9.15. The van der Waals surface area contributed by atoms with Crippen molar-refractivity contribution in [2.24, 2.45) is 10.9 Å². The smallest absolute Gasteiger partial charge is 0.170 e. The molecule has 0 radical (unpaired) electrons. The van der Waals surface area contributed by atoms with E-state index in [4.69, 9.17) is 10.9 Å². The zero-order valence-corrected chi connectivity index (χ0v) is 11.8. The maximum atomic E-state index is 8.70. The second-order valence-corrected chi connectivity index (χ2v) is 5.30. The minimum absolute atomic E-state index is 0.169. The van der Waals surface area contributed by atoms with Crippen molar-refractivity contribution in [1.82, 2.24) is 4.90 Å². The fourth-order valence-corrected chi connectivity index (χ4v) is 2.87. The summed E-state index contributed by atoms with van der Waals surface area (Å²) in [5.41, 5.74) is 8.91. The number of aryl methyl sites for hydroxylation is 1. The van der Waals surface area contributed by atoms with Gasteiger partial charge in [-0.2, -0.15) is 0 Å². The molecule has 1 aromatic rings. The topological polar surface area (TPSA) is 61.8 Å². The lowest BCUT2D eigenvalue weighted by atomic mass is 10.0. The fraction of sp³-hybridized carbons (Fsp3) is 0.533. The van der Waals surface area contributed by atoms with Gasteiger partial charge >= 0.3 is 0 Å². The summed E-state index contributed by atoms with van der Waals surface area (Å²) in [4.78, 5) is 2.56. The van der Waals surface area contributed by atoms with Gasteiger partial charge in [0, 0.05) is 18.2 Å². The highest BCUT2D eigenvalue weighted by molar-refractivity contribution is 5.97. The number of hydrogen-bond donors (Lipinski definition) is 2. The maximum Gasteiger partial charge on any atom is 0.170 e. The molecule has 4 nitrogen and oxygen atoms in total. The third kappa shape index (κ3) is 3.07. The number of likely N-dealkylation sites (tertiary alicyclic amines) is 1. The quantitative estimate of drug-likeness (QED) is 0.379. The van der Waals surface area contributed by atoms with Gasteiger partial charge in [-0.3, -0.25) is 4.90 Å². The summed E-state index contributed by atoms with van der Waals surface area (Å²) in [6, 6.07) is 6.73. The second-order valence-electron chi connectivity index (χ2n) is 5.30. The molecule has 4 heteroatoms. The molecule has 0 aliphatic carbocycles. The summed E-state index contributed by atoms with van der Waals surface area (Å²) in [7, 11) is 0. The molecule has 1 heterocycles. The molecule has 19 heavy (non-hydrogen) atoms. The van der Waals surface area contributed by atoms with Crippen molar-refractivity contribution < 1.29 is 5.21 Å². The van der Waals surface area contributed by atoms with Crippen LogP contribution >= 0.6 is 0 Å². The van der Waals surface area contributed by atoms with E-state index in [0.717, 1.165) is 18.2 Å². The molecule has 2 rings (SSSR count). The lowest BCUT2D eigenvalue weighted by molar-refractivity contribution is 0.239.